The van der Waals surface area contributed by atoms with E-state index in [1.807, 2.05) is 6.07 Å². The molecule has 3 nitrogen and oxygen atoms in total. The van der Waals surface area contributed by atoms with Gasteiger partial charge in [-0.15, -0.1) is 0 Å². The van der Waals surface area contributed by atoms with E-state index < -0.39 is 20.9 Å². The van der Waals surface area contributed by atoms with Crippen LogP contribution in [0.15, 0.2) is 48.6 Å². The van der Waals surface area contributed by atoms with Gasteiger partial charge in [-0.3, -0.25) is 0 Å². The summed E-state index contributed by atoms with van der Waals surface area (Å²) in [7, 11) is -3.98. The van der Waals surface area contributed by atoms with E-state index in [2.05, 4.69) is 0 Å². The van der Waals surface area contributed by atoms with Gasteiger partial charge in [0.05, 0.1) is 0 Å². The number of halogens is 1. The summed E-state index contributed by atoms with van der Waals surface area (Å²) >= 11 is 0. The third-order valence-corrected chi connectivity index (χ3v) is 4.36. The van der Waals surface area contributed by atoms with E-state index in [0.717, 1.165) is 0 Å². The van der Waals surface area contributed by atoms with Crippen molar-refractivity contribution in [3.8, 4) is 0 Å². The number of rotatable bonds is 2. The molecule has 0 aromatic heterocycles. The molecular weight excluding hydrogens is 253 g/mol. The molecule has 1 aliphatic carbocycles. The Morgan fingerprint density at radius 2 is 1.89 bits per heavy atom. The van der Waals surface area contributed by atoms with Crippen LogP contribution in [0.25, 0.3) is 5.57 Å². The molecule has 0 spiro atoms. The lowest BCUT2D eigenvalue weighted by molar-refractivity contribution is 0.274. The Bertz CT molecular complexity index is 603. The number of benzene rings is 1. The maximum Gasteiger partial charge on any atom is 0.219 e. The molecule has 1 aromatic rings. The molecule has 0 fully saturated rings. The van der Waals surface area contributed by atoms with E-state index >= 15 is 0 Å². The summed E-state index contributed by atoms with van der Waals surface area (Å²) in [6.07, 6.45) is 4.39. The summed E-state index contributed by atoms with van der Waals surface area (Å²) < 4.78 is 37.7. The van der Waals surface area contributed by atoms with Crippen LogP contribution >= 0.6 is 0 Å². The Hall–Kier alpha value is -1.46. The maximum absolute atomic E-state index is 14.8. The number of primary sulfonamides is 1. The quantitative estimate of drug-likeness (QED) is 0.891. The molecule has 18 heavy (non-hydrogen) atoms. The number of alkyl halides is 1. The van der Waals surface area contributed by atoms with Gasteiger partial charge in [0.25, 0.3) is 0 Å². The van der Waals surface area contributed by atoms with E-state index in [-0.39, 0.29) is 0 Å². The lowest BCUT2D eigenvalue weighted by Crippen LogP contribution is -2.45. The Labute approximate surface area is 106 Å². The predicted octanol–water partition coefficient (Wildman–Crippen LogP) is 2.03. The highest BCUT2D eigenvalue weighted by molar-refractivity contribution is 7.90. The van der Waals surface area contributed by atoms with Gasteiger partial charge in [-0.2, -0.15) is 0 Å². The summed E-state index contributed by atoms with van der Waals surface area (Å²) in [6.45, 7) is 1.24. The first-order chi connectivity index (χ1) is 8.33. The molecule has 2 N–H and O–H groups in total. The molecular formula is C13H14FNO2S. The van der Waals surface area contributed by atoms with Crippen LogP contribution in [-0.2, 0) is 10.0 Å². The zero-order chi connectivity index (χ0) is 13.4. The van der Waals surface area contributed by atoms with Crippen molar-refractivity contribution in [1.29, 1.82) is 0 Å². The second-order valence-electron chi connectivity index (χ2n) is 4.42. The summed E-state index contributed by atoms with van der Waals surface area (Å²) in [6, 6.07) is 8.84. The van der Waals surface area contributed by atoms with Gasteiger partial charge in [0.15, 0.2) is 5.67 Å². The minimum Gasteiger partial charge on any atom is -0.237 e. The molecule has 0 radical (unpaired) electrons. The topological polar surface area (TPSA) is 60.2 Å². The van der Waals surface area contributed by atoms with Gasteiger partial charge >= 0.3 is 0 Å². The van der Waals surface area contributed by atoms with Crippen LogP contribution in [0.4, 0.5) is 4.39 Å². The highest BCUT2D eigenvalue weighted by atomic mass is 32.2. The first-order valence-electron chi connectivity index (χ1n) is 5.48. The van der Waals surface area contributed by atoms with Gasteiger partial charge < -0.3 is 0 Å². The molecule has 2 atom stereocenters. The first kappa shape index (κ1) is 13.0. The molecule has 0 aliphatic heterocycles. The zero-order valence-electron chi connectivity index (χ0n) is 9.88. The maximum atomic E-state index is 14.8. The fraction of sp³-hybridized carbons (Fsp3) is 0.231. The molecule has 5 heteroatoms. The minimum absolute atomic E-state index is 0.324. The average molecular weight is 267 g/mol. The molecule has 0 amide bonds. The van der Waals surface area contributed by atoms with Gasteiger partial charge in [0.2, 0.25) is 10.0 Å². The summed E-state index contributed by atoms with van der Waals surface area (Å²) in [4.78, 5) is 0. The smallest absolute Gasteiger partial charge is 0.219 e. The number of nitrogens with two attached hydrogens (primary N) is 1. The van der Waals surface area contributed by atoms with Crippen LogP contribution in [0, 0.1) is 0 Å². The first-order valence-corrected chi connectivity index (χ1v) is 7.09. The minimum atomic E-state index is -3.98. The van der Waals surface area contributed by atoms with Gasteiger partial charge in [0.1, 0.15) is 5.25 Å². The second kappa shape index (κ2) is 4.33. The highest BCUT2D eigenvalue weighted by Crippen LogP contribution is 2.38. The molecule has 0 bridgehead atoms. The zero-order valence-corrected chi connectivity index (χ0v) is 10.7. The van der Waals surface area contributed by atoms with Crippen LogP contribution in [0.2, 0.25) is 0 Å². The Morgan fingerprint density at radius 3 is 2.44 bits per heavy atom. The molecule has 2 rings (SSSR count). The fourth-order valence-corrected chi connectivity index (χ4v) is 3.22. The Kier molecular flexibility index (Phi) is 3.12. The van der Waals surface area contributed by atoms with E-state index in [1.54, 1.807) is 30.3 Å². The van der Waals surface area contributed by atoms with E-state index in [4.69, 9.17) is 5.14 Å². The van der Waals surface area contributed by atoms with Gasteiger partial charge in [0, 0.05) is 0 Å². The molecule has 0 heterocycles. The standard InChI is InChI=1S/C13H14FNO2S/c1-13(14)11(10-6-3-2-4-7-10)8-5-9-12(13)18(15,16)17/h2-9,12H,1H3,(H2,15,16,17). The molecule has 0 saturated heterocycles. The van der Waals surface area contributed by atoms with Crippen molar-refractivity contribution < 1.29 is 12.8 Å². The Morgan fingerprint density at radius 1 is 1.28 bits per heavy atom. The SMILES string of the molecule is CC1(F)C(c2ccccc2)=CC=CC1S(N)(=O)=O. The van der Waals surface area contributed by atoms with Crippen molar-refractivity contribution in [3.05, 3.63) is 54.1 Å². The number of hydrogen-bond acceptors (Lipinski definition) is 2. The van der Waals surface area contributed by atoms with Crippen molar-refractivity contribution >= 4 is 15.6 Å². The molecule has 1 aromatic carbocycles. The molecule has 0 saturated carbocycles. The van der Waals surface area contributed by atoms with Crippen LogP contribution in [0.1, 0.15) is 12.5 Å². The van der Waals surface area contributed by atoms with Crippen molar-refractivity contribution in [2.75, 3.05) is 0 Å². The van der Waals surface area contributed by atoms with Crippen LogP contribution in [0.5, 0.6) is 0 Å². The fourth-order valence-electron chi connectivity index (χ4n) is 2.16. The Balaban J connectivity index is 2.51. The third kappa shape index (κ3) is 2.23. The van der Waals surface area contributed by atoms with Gasteiger partial charge in [-0.1, -0.05) is 48.6 Å². The normalized spacial score (nSPS) is 27.9. The summed E-state index contributed by atoms with van der Waals surface area (Å²) in [5.74, 6) is 0. The van der Waals surface area contributed by atoms with Crippen molar-refractivity contribution in [2.24, 2.45) is 5.14 Å². The number of hydrogen-bond donors (Lipinski definition) is 1. The van der Waals surface area contributed by atoms with E-state index in [1.165, 1.54) is 19.1 Å². The van der Waals surface area contributed by atoms with Crippen LogP contribution < -0.4 is 5.14 Å². The van der Waals surface area contributed by atoms with Crippen molar-refractivity contribution in [2.45, 2.75) is 17.8 Å². The average Bonchev–Trinajstić information content (AvgIpc) is 2.27. The summed E-state index contributed by atoms with van der Waals surface area (Å²) in [5, 5.41) is 3.72. The van der Waals surface area contributed by atoms with Crippen LogP contribution in [-0.4, -0.2) is 19.3 Å². The molecule has 2 unspecified atom stereocenters. The molecule has 1 aliphatic rings. The van der Waals surface area contributed by atoms with E-state index in [9.17, 15) is 12.8 Å². The van der Waals surface area contributed by atoms with Crippen molar-refractivity contribution in [1.82, 2.24) is 0 Å². The monoisotopic (exact) mass is 267 g/mol. The lowest BCUT2D eigenvalue weighted by atomic mass is 9.85. The number of sulfonamides is 1. The van der Waals surface area contributed by atoms with Gasteiger partial charge in [-0.25, -0.2) is 17.9 Å². The second-order valence-corrected chi connectivity index (χ2v) is 6.10. The van der Waals surface area contributed by atoms with Crippen molar-refractivity contribution in [3.63, 3.8) is 0 Å². The van der Waals surface area contributed by atoms with Gasteiger partial charge in [-0.05, 0) is 18.1 Å². The number of allylic oxidation sites excluding steroid dienone is 3. The van der Waals surface area contributed by atoms with E-state index in [0.29, 0.717) is 11.1 Å². The third-order valence-electron chi connectivity index (χ3n) is 3.05. The van der Waals surface area contributed by atoms with Crippen LogP contribution in [0.3, 0.4) is 0 Å². The molecule has 96 valence electrons. The predicted molar refractivity (Wildman–Crippen MR) is 70.0 cm³/mol. The highest BCUT2D eigenvalue weighted by Gasteiger charge is 2.44. The largest absolute Gasteiger partial charge is 0.237 e. The summed E-state index contributed by atoms with van der Waals surface area (Å²) in [5.41, 5.74) is -1.06. The lowest BCUT2D eigenvalue weighted by Gasteiger charge is -2.31.